The van der Waals surface area contributed by atoms with Crippen LogP contribution in [0.4, 0.5) is 11.5 Å². The lowest BCUT2D eigenvalue weighted by molar-refractivity contribution is 0.777. The molecule has 7 heteroatoms. The van der Waals surface area contributed by atoms with Crippen LogP contribution < -0.4 is 10.9 Å². The van der Waals surface area contributed by atoms with E-state index >= 15 is 0 Å². The third-order valence-corrected chi connectivity index (χ3v) is 4.41. The molecular weight excluding hydrogens is 316 g/mol. The molecule has 1 aromatic carbocycles. The Balaban J connectivity index is 1.80. The Morgan fingerprint density at radius 3 is 2.80 bits per heavy atom. The van der Waals surface area contributed by atoms with Crippen LogP contribution in [0.5, 0.6) is 0 Å². The summed E-state index contributed by atoms with van der Waals surface area (Å²) in [5, 5.41) is 4.31. The third-order valence-electron chi connectivity index (χ3n) is 4.41. The first-order valence-corrected chi connectivity index (χ1v) is 8.11. The summed E-state index contributed by atoms with van der Waals surface area (Å²) in [6.07, 6.45) is 3.30. The van der Waals surface area contributed by atoms with E-state index in [0.717, 1.165) is 39.9 Å². The zero-order valence-electron chi connectivity index (χ0n) is 14.3. The summed E-state index contributed by atoms with van der Waals surface area (Å²) in [7, 11) is 1.79. The molecule has 0 spiro atoms. The molecule has 4 rings (SSSR count). The summed E-state index contributed by atoms with van der Waals surface area (Å²) >= 11 is 0. The van der Waals surface area contributed by atoms with Gasteiger partial charge in [-0.25, -0.2) is 15.0 Å². The molecule has 4 aromatic rings. The number of fused-ring (bicyclic) bond motifs is 2. The Morgan fingerprint density at radius 1 is 1.16 bits per heavy atom. The predicted octanol–water partition coefficient (Wildman–Crippen LogP) is 2.75. The fourth-order valence-corrected chi connectivity index (χ4v) is 3.06. The minimum Gasteiger partial charge on any atom is -0.338 e. The zero-order chi connectivity index (χ0) is 17.6. The minimum atomic E-state index is 0.0239. The molecule has 0 atom stereocenters. The molecule has 0 amide bonds. The molecule has 1 N–H and O–H groups in total. The largest absolute Gasteiger partial charge is 0.338 e. The van der Waals surface area contributed by atoms with Crippen LogP contribution in [0.2, 0.25) is 0 Å². The van der Waals surface area contributed by atoms with Crippen LogP contribution in [0.3, 0.4) is 0 Å². The molecule has 7 nitrogen and oxygen atoms in total. The number of aromatic nitrogens is 5. The zero-order valence-corrected chi connectivity index (χ0v) is 14.3. The van der Waals surface area contributed by atoms with Crippen LogP contribution in [0.1, 0.15) is 12.5 Å². The predicted molar refractivity (Wildman–Crippen MR) is 98.2 cm³/mol. The maximum absolute atomic E-state index is 12.1. The first-order chi connectivity index (χ1) is 12.1. The van der Waals surface area contributed by atoms with Crippen molar-refractivity contribution in [1.82, 2.24) is 24.1 Å². The number of pyridine rings is 1. The van der Waals surface area contributed by atoms with E-state index in [1.165, 1.54) is 6.33 Å². The topological polar surface area (TPSA) is 77.6 Å². The van der Waals surface area contributed by atoms with E-state index in [0.29, 0.717) is 5.82 Å². The Labute approximate surface area is 144 Å². The van der Waals surface area contributed by atoms with E-state index in [1.54, 1.807) is 17.9 Å². The number of hydrogen-bond acceptors (Lipinski definition) is 5. The van der Waals surface area contributed by atoms with Crippen LogP contribution in [-0.2, 0) is 13.6 Å². The van der Waals surface area contributed by atoms with E-state index < -0.39 is 0 Å². The van der Waals surface area contributed by atoms with Crippen LogP contribution in [0, 0.1) is 6.92 Å². The highest BCUT2D eigenvalue weighted by Crippen LogP contribution is 2.24. The number of anilines is 2. The molecule has 0 fully saturated rings. The van der Waals surface area contributed by atoms with Crippen molar-refractivity contribution < 1.29 is 0 Å². The second kappa shape index (κ2) is 5.70. The quantitative estimate of drug-likeness (QED) is 0.623. The average Bonchev–Trinajstić information content (AvgIpc) is 3.04. The van der Waals surface area contributed by atoms with E-state index in [9.17, 15) is 4.79 Å². The second-order valence-corrected chi connectivity index (χ2v) is 6.02. The lowest BCUT2D eigenvalue weighted by atomic mass is 10.1. The van der Waals surface area contributed by atoms with Gasteiger partial charge in [0, 0.05) is 30.2 Å². The van der Waals surface area contributed by atoms with Crippen molar-refractivity contribution in [3.8, 4) is 0 Å². The van der Waals surface area contributed by atoms with Crippen molar-refractivity contribution in [3.05, 3.63) is 52.8 Å². The van der Waals surface area contributed by atoms with Gasteiger partial charge in [0.15, 0.2) is 17.0 Å². The standard InChI is InChI=1S/C18H18N6O/c1-4-24-10-21-15-16(19-9-20-17(15)24)22-13-5-6-14-12(8-13)7-11(2)18(25)23(14)3/h5-10H,4H2,1-3H3,(H,19,20,22). The summed E-state index contributed by atoms with van der Waals surface area (Å²) in [5.41, 5.74) is 4.06. The molecule has 0 radical (unpaired) electrons. The molecule has 3 heterocycles. The van der Waals surface area contributed by atoms with Gasteiger partial charge in [-0.05, 0) is 38.1 Å². The normalized spacial score (nSPS) is 11.3. The molecule has 0 aliphatic heterocycles. The summed E-state index contributed by atoms with van der Waals surface area (Å²) in [6, 6.07) is 7.78. The van der Waals surface area contributed by atoms with Crippen molar-refractivity contribution in [2.45, 2.75) is 20.4 Å². The maximum Gasteiger partial charge on any atom is 0.253 e. The second-order valence-electron chi connectivity index (χ2n) is 6.02. The summed E-state index contributed by atoms with van der Waals surface area (Å²) in [4.78, 5) is 25.1. The van der Waals surface area contributed by atoms with Crippen molar-refractivity contribution in [2.24, 2.45) is 7.05 Å². The van der Waals surface area contributed by atoms with Crippen LogP contribution >= 0.6 is 0 Å². The minimum absolute atomic E-state index is 0.0239. The molecule has 0 saturated heterocycles. The molecule has 0 aliphatic carbocycles. The molecule has 126 valence electrons. The highest BCUT2D eigenvalue weighted by molar-refractivity contribution is 5.88. The van der Waals surface area contributed by atoms with Crippen LogP contribution in [-0.4, -0.2) is 24.1 Å². The van der Waals surface area contributed by atoms with Crippen molar-refractivity contribution in [3.63, 3.8) is 0 Å². The average molecular weight is 334 g/mol. The summed E-state index contributed by atoms with van der Waals surface area (Å²) < 4.78 is 3.64. The number of nitrogens with zero attached hydrogens (tertiary/aromatic N) is 5. The SMILES string of the molecule is CCn1cnc2c(Nc3ccc4c(c3)cc(C)c(=O)n4C)ncnc21. The van der Waals surface area contributed by atoms with Gasteiger partial charge in [-0.15, -0.1) is 0 Å². The summed E-state index contributed by atoms with van der Waals surface area (Å²) in [6.45, 7) is 4.68. The van der Waals surface area contributed by atoms with Crippen molar-refractivity contribution >= 4 is 33.6 Å². The lowest BCUT2D eigenvalue weighted by Gasteiger charge is -2.10. The highest BCUT2D eigenvalue weighted by Gasteiger charge is 2.10. The van der Waals surface area contributed by atoms with Crippen molar-refractivity contribution in [1.29, 1.82) is 0 Å². The van der Waals surface area contributed by atoms with Crippen LogP contribution in [0.15, 0.2) is 41.7 Å². The Kier molecular flexibility index (Phi) is 3.49. The fraction of sp³-hybridized carbons (Fsp3) is 0.222. The van der Waals surface area contributed by atoms with Gasteiger partial charge in [-0.2, -0.15) is 0 Å². The molecule has 0 saturated carbocycles. The number of hydrogen-bond donors (Lipinski definition) is 1. The van der Waals surface area contributed by atoms with Gasteiger partial charge in [-0.3, -0.25) is 4.79 Å². The fourth-order valence-electron chi connectivity index (χ4n) is 3.06. The monoisotopic (exact) mass is 334 g/mol. The van der Waals surface area contributed by atoms with Gasteiger partial charge in [-0.1, -0.05) is 0 Å². The first kappa shape index (κ1) is 15.3. The lowest BCUT2D eigenvalue weighted by Crippen LogP contribution is -2.19. The van der Waals surface area contributed by atoms with Crippen molar-refractivity contribution in [2.75, 3.05) is 5.32 Å². The molecule has 0 aliphatic rings. The Hall–Kier alpha value is -3.22. The molecule has 25 heavy (non-hydrogen) atoms. The smallest absolute Gasteiger partial charge is 0.253 e. The Morgan fingerprint density at radius 2 is 2.00 bits per heavy atom. The molecule has 0 unspecified atom stereocenters. The van der Waals surface area contributed by atoms with Gasteiger partial charge in [0.2, 0.25) is 0 Å². The van der Waals surface area contributed by atoms with E-state index in [-0.39, 0.29) is 5.56 Å². The Bertz CT molecular complexity index is 1160. The number of nitrogens with one attached hydrogen (secondary N) is 1. The number of aryl methyl sites for hydroxylation is 3. The van der Waals surface area contributed by atoms with E-state index in [1.807, 2.05) is 42.7 Å². The molecule has 0 bridgehead atoms. The summed E-state index contributed by atoms with van der Waals surface area (Å²) in [5.74, 6) is 0.665. The third kappa shape index (κ3) is 2.44. The molecule has 3 aromatic heterocycles. The number of benzene rings is 1. The van der Waals surface area contributed by atoms with Gasteiger partial charge in [0.05, 0.1) is 11.8 Å². The van der Waals surface area contributed by atoms with E-state index in [2.05, 4.69) is 20.3 Å². The number of rotatable bonds is 3. The molecular formula is C18H18N6O. The number of imidazole rings is 1. The van der Waals surface area contributed by atoms with Gasteiger partial charge in [0.1, 0.15) is 6.33 Å². The van der Waals surface area contributed by atoms with Gasteiger partial charge >= 0.3 is 0 Å². The van der Waals surface area contributed by atoms with E-state index in [4.69, 9.17) is 0 Å². The maximum atomic E-state index is 12.1. The highest BCUT2D eigenvalue weighted by atomic mass is 16.1. The van der Waals surface area contributed by atoms with Gasteiger partial charge < -0.3 is 14.5 Å². The van der Waals surface area contributed by atoms with Crippen LogP contribution in [0.25, 0.3) is 22.1 Å². The van der Waals surface area contributed by atoms with Gasteiger partial charge in [0.25, 0.3) is 5.56 Å². The first-order valence-electron chi connectivity index (χ1n) is 8.11.